The van der Waals surface area contributed by atoms with Crippen LogP contribution in [0.2, 0.25) is 0 Å². The van der Waals surface area contributed by atoms with Gasteiger partial charge in [-0.2, -0.15) is 0 Å². The summed E-state index contributed by atoms with van der Waals surface area (Å²) in [6.07, 6.45) is 0.544. The monoisotopic (exact) mass is 415 g/mol. The molecule has 0 saturated carbocycles. The van der Waals surface area contributed by atoms with Gasteiger partial charge in [0.05, 0.1) is 7.11 Å². The molecule has 0 amide bonds. The van der Waals surface area contributed by atoms with Crippen molar-refractivity contribution in [3.05, 3.63) is 62.3 Å². The molecule has 5 heteroatoms. The first-order valence-corrected chi connectivity index (χ1v) is 8.08. The summed E-state index contributed by atoms with van der Waals surface area (Å²) in [5, 5.41) is 3.24. The Morgan fingerprint density at radius 2 is 1.86 bits per heavy atom. The Morgan fingerprint density at radius 3 is 2.43 bits per heavy atom. The minimum atomic E-state index is -0.297. The predicted octanol–water partition coefficient (Wildman–Crippen LogP) is 4.86. The summed E-state index contributed by atoms with van der Waals surface area (Å²) in [6, 6.07) is 11.3. The van der Waals surface area contributed by atoms with Gasteiger partial charge in [-0.05, 0) is 48.9 Å². The van der Waals surface area contributed by atoms with Crippen LogP contribution >= 0.6 is 31.9 Å². The number of methoxy groups -OCH3 is 1. The fourth-order valence-electron chi connectivity index (χ4n) is 2.25. The van der Waals surface area contributed by atoms with Crippen molar-refractivity contribution in [2.24, 2.45) is 0 Å². The lowest BCUT2D eigenvalue weighted by Gasteiger charge is -2.18. The van der Waals surface area contributed by atoms with Crippen molar-refractivity contribution in [1.82, 2.24) is 5.32 Å². The van der Waals surface area contributed by atoms with E-state index < -0.39 is 0 Å². The SMILES string of the molecule is CNC(Cc1cccc(OC)c1F)c1cc(Br)cc(Br)c1. The van der Waals surface area contributed by atoms with Crippen LogP contribution in [0.3, 0.4) is 0 Å². The Balaban J connectivity index is 2.31. The first-order valence-electron chi connectivity index (χ1n) is 6.49. The van der Waals surface area contributed by atoms with E-state index in [2.05, 4.69) is 37.2 Å². The van der Waals surface area contributed by atoms with Gasteiger partial charge in [0.1, 0.15) is 0 Å². The largest absolute Gasteiger partial charge is 0.494 e. The molecule has 1 N–H and O–H groups in total. The molecule has 2 nitrogen and oxygen atoms in total. The van der Waals surface area contributed by atoms with Crippen LogP contribution in [0.15, 0.2) is 45.3 Å². The molecular weight excluding hydrogens is 401 g/mol. The fourth-order valence-corrected chi connectivity index (χ4v) is 3.58. The molecule has 0 aliphatic heterocycles. The van der Waals surface area contributed by atoms with Gasteiger partial charge in [0.2, 0.25) is 0 Å². The van der Waals surface area contributed by atoms with Crippen LogP contribution in [-0.4, -0.2) is 14.2 Å². The second kappa shape index (κ2) is 7.38. The third-order valence-electron chi connectivity index (χ3n) is 3.32. The molecule has 0 aliphatic carbocycles. The zero-order valence-electron chi connectivity index (χ0n) is 11.8. The van der Waals surface area contributed by atoms with Gasteiger partial charge in [0.15, 0.2) is 11.6 Å². The highest BCUT2D eigenvalue weighted by molar-refractivity contribution is 9.11. The number of likely N-dealkylation sites (N-methyl/N-ethyl adjacent to an activating group) is 1. The van der Waals surface area contributed by atoms with Crippen LogP contribution < -0.4 is 10.1 Å². The second-order valence-corrected chi connectivity index (χ2v) is 6.51. The summed E-state index contributed by atoms with van der Waals surface area (Å²) >= 11 is 6.96. The average Bonchev–Trinajstić information content (AvgIpc) is 2.45. The number of hydrogen-bond acceptors (Lipinski definition) is 2. The Hall–Kier alpha value is -0.910. The summed E-state index contributed by atoms with van der Waals surface area (Å²) in [6.45, 7) is 0. The molecule has 0 heterocycles. The zero-order chi connectivity index (χ0) is 15.4. The summed E-state index contributed by atoms with van der Waals surface area (Å²) in [4.78, 5) is 0. The van der Waals surface area contributed by atoms with Crippen LogP contribution in [-0.2, 0) is 6.42 Å². The zero-order valence-corrected chi connectivity index (χ0v) is 15.0. The maximum Gasteiger partial charge on any atom is 0.168 e. The van der Waals surface area contributed by atoms with Crippen molar-refractivity contribution in [3.8, 4) is 5.75 Å². The molecule has 2 aromatic rings. The normalized spacial score (nSPS) is 12.2. The number of halogens is 3. The van der Waals surface area contributed by atoms with Gasteiger partial charge >= 0.3 is 0 Å². The van der Waals surface area contributed by atoms with Crippen molar-refractivity contribution < 1.29 is 9.13 Å². The number of ether oxygens (including phenoxy) is 1. The molecule has 0 bridgehead atoms. The molecule has 0 aliphatic rings. The van der Waals surface area contributed by atoms with Crippen LogP contribution in [0.4, 0.5) is 4.39 Å². The van der Waals surface area contributed by atoms with E-state index in [1.165, 1.54) is 7.11 Å². The van der Waals surface area contributed by atoms with Crippen LogP contribution in [0.25, 0.3) is 0 Å². The lowest BCUT2D eigenvalue weighted by molar-refractivity contribution is 0.383. The van der Waals surface area contributed by atoms with E-state index in [-0.39, 0.29) is 17.6 Å². The van der Waals surface area contributed by atoms with E-state index in [0.717, 1.165) is 14.5 Å². The molecule has 1 atom stereocenters. The van der Waals surface area contributed by atoms with Crippen molar-refractivity contribution in [1.29, 1.82) is 0 Å². The average molecular weight is 417 g/mol. The van der Waals surface area contributed by atoms with E-state index in [1.54, 1.807) is 18.2 Å². The summed E-state index contributed by atoms with van der Waals surface area (Å²) in [5.74, 6) is -0.0212. The lowest BCUT2D eigenvalue weighted by atomic mass is 9.98. The summed E-state index contributed by atoms with van der Waals surface area (Å²) in [5.41, 5.74) is 1.71. The minimum absolute atomic E-state index is 0.0143. The Labute approximate surface area is 141 Å². The smallest absolute Gasteiger partial charge is 0.168 e. The molecule has 0 radical (unpaired) electrons. The molecule has 2 aromatic carbocycles. The molecule has 112 valence electrons. The second-order valence-electron chi connectivity index (χ2n) is 4.68. The van der Waals surface area contributed by atoms with Gasteiger partial charge in [-0.15, -0.1) is 0 Å². The van der Waals surface area contributed by atoms with Gasteiger partial charge in [0.25, 0.3) is 0 Å². The van der Waals surface area contributed by atoms with Crippen LogP contribution in [0.5, 0.6) is 5.75 Å². The standard InChI is InChI=1S/C16H16Br2FNO/c1-20-14(11-6-12(17)9-13(18)7-11)8-10-4-3-5-15(21-2)16(10)19/h3-7,9,14,20H,8H2,1-2H3. The number of rotatable bonds is 5. The van der Waals surface area contributed by atoms with Gasteiger partial charge in [0, 0.05) is 15.0 Å². The highest BCUT2D eigenvalue weighted by Gasteiger charge is 2.16. The van der Waals surface area contributed by atoms with Crippen molar-refractivity contribution in [2.75, 3.05) is 14.2 Å². The molecule has 2 rings (SSSR count). The van der Waals surface area contributed by atoms with Crippen LogP contribution in [0, 0.1) is 5.82 Å². The molecule has 21 heavy (non-hydrogen) atoms. The van der Waals surface area contributed by atoms with Crippen molar-refractivity contribution in [3.63, 3.8) is 0 Å². The van der Waals surface area contributed by atoms with E-state index >= 15 is 0 Å². The first kappa shape index (κ1) is 16.5. The van der Waals surface area contributed by atoms with E-state index in [1.807, 2.05) is 25.2 Å². The highest BCUT2D eigenvalue weighted by atomic mass is 79.9. The van der Waals surface area contributed by atoms with Crippen molar-refractivity contribution >= 4 is 31.9 Å². The van der Waals surface area contributed by atoms with E-state index in [0.29, 0.717) is 12.0 Å². The maximum absolute atomic E-state index is 14.3. The van der Waals surface area contributed by atoms with Crippen molar-refractivity contribution in [2.45, 2.75) is 12.5 Å². The number of hydrogen-bond donors (Lipinski definition) is 1. The van der Waals surface area contributed by atoms with E-state index in [9.17, 15) is 4.39 Å². The van der Waals surface area contributed by atoms with Crippen LogP contribution in [0.1, 0.15) is 17.2 Å². The third kappa shape index (κ3) is 4.05. The van der Waals surface area contributed by atoms with Gasteiger partial charge in [-0.25, -0.2) is 4.39 Å². The Bertz CT molecular complexity index is 613. The van der Waals surface area contributed by atoms with Gasteiger partial charge in [-0.3, -0.25) is 0 Å². The molecule has 0 spiro atoms. The fraction of sp³-hybridized carbons (Fsp3) is 0.250. The topological polar surface area (TPSA) is 21.3 Å². The Kier molecular flexibility index (Phi) is 5.79. The molecule has 1 unspecified atom stereocenters. The molecule has 0 aromatic heterocycles. The molecular formula is C16H16Br2FNO. The summed E-state index contributed by atoms with van der Waals surface area (Å²) in [7, 11) is 3.35. The number of benzene rings is 2. The third-order valence-corrected chi connectivity index (χ3v) is 4.24. The number of nitrogens with one attached hydrogen (secondary N) is 1. The van der Waals surface area contributed by atoms with Gasteiger partial charge < -0.3 is 10.1 Å². The summed E-state index contributed by atoms with van der Waals surface area (Å²) < 4.78 is 21.3. The maximum atomic E-state index is 14.3. The predicted molar refractivity (Wildman–Crippen MR) is 90.3 cm³/mol. The highest BCUT2D eigenvalue weighted by Crippen LogP contribution is 2.28. The lowest BCUT2D eigenvalue weighted by Crippen LogP contribution is -2.19. The van der Waals surface area contributed by atoms with Gasteiger partial charge in [-0.1, -0.05) is 44.0 Å². The van der Waals surface area contributed by atoms with E-state index in [4.69, 9.17) is 4.74 Å². The first-order chi connectivity index (χ1) is 10.0. The Morgan fingerprint density at radius 1 is 1.19 bits per heavy atom. The minimum Gasteiger partial charge on any atom is -0.494 e. The molecule has 0 fully saturated rings. The quantitative estimate of drug-likeness (QED) is 0.751. The molecule has 0 saturated heterocycles.